The highest BCUT2D eigenvalue weighted by Gasteiger charge is 2.16. The predicted molar refractivity (Wildman–Crippen MR) is 80.2 cm³/mol. The molecule has 0 spiro atoms. The fourth-order valence-electron chi connectivity index (χ4n) is 1.73. The standard InChI is InChI=1S/C15H12ClNO5/c1-21-12-5-2-10(3-6-12)9-22-15(18)13-7-4-11(17(19)20)8-14(13)16/h2-8H,9H2,1H3. The minimum atomic E-state index is -0.643. The molecule has 0 amide bonds. The fraction of sp³-hybridized carbons (Fsp3) is 0.133. The van der Waals surface area contributed by atoms with Crippen LogP contribution in [0.3, 0.4) is 0 Å². The highest BCUT2D eigenvalue weighted by atomic mass is 35.5. The van der Waals surface area contributed by atoms with Gasteiger partial charge in [0.1, 0.15) is 12.4 Å². The van der Waals surface area contributed by atoms with Crippen LogP contribution in [0, 0.1) is 10.1 Å². The summed E-state index contributed by atoms with van der Waals surface area (Å²) in [5.74, 6) is 0.0594. The van der Waals surface area contributed by atoms with Gasteiger partial charge in [-0.2, -0.15) is 0 Å². The molecule has 7 heteroatoms. The molecule has 2 rings (SSSR count). The third-order valence-electron chi connectivity index (χ3n) is 2.91. The molecule has 0 fully saturated rings. The minimum absolute atomic E-state index is 0.0195. The van der Waals surface area contributed by atoms with Crippen LogP contribution in [0.25, 0.3) is 0 Å². The second kappa shape index (κ2) is 6.91. The summed E-state index contributed by atoms with van der Waals surface area (Å²) >= 11 is 5.87. The normalized spacial score (nSPS) is 10.1. The largest absolute Gasteiger partial charge is 0.497 e. The van der Waals surface area contributed by atoms with Crippen LogP contribution in [0.4, 0.5) is 5.69 Å². The summed E-state index contributed by atoms with van der Waals surface area (Å²) in [4.78, 5) is 22.0. The van der Waals surface area contributed by atoms with Crippen LogP contribution in [0.2, 0.25) is 5.02 Å². The van der Waals surface area contributed by atoms with Gasteiger partial charge < -0.3 is 9.47 Å². The molecule has 2 aromatic carbocycles. The molecule has 0 N–H and O–H groups in total. The zero-order valence-corrected chi connectivity index (χ0v) is 12.4. The van der Waals surface area contributed by atoms with Gasteiger partial charge in [0.05, 0.1) is 22.6 Å². The van der Waals surface area contributed by atoms with Crippen LogP contribution in [0.5, 0.6) is 5.75 Å². The van der Waals surface area contributed by atoms with Gasteiger partial charge in [0, 0.05) is 12.1 Å². The molecule has 0 bridgehead atoms. The van der Waals surface area contributed by atoms with Crippen LogP contribution < -0.4 is 4.74 Å². The van der Waals surface area contributed by atoms with Crippen LogP contribution in [-0.2, 0) is 11.3 Å². The van der Waals surface area contributed by atoms with E-state index in [-0.39, 0.29) is 22.9 Å². The molecule has 0 aliphatic rings. The van der Waals surface area contributed by atoms with E-state index in [1.165, 1.54) is 12.1 Å². The monoisotopic (exact) mass is 321 g/mol. The second-order valence-corrected chi connectivity index (χ2v) is 4.75. The molecule has 2 aromatic rings. The van der Waals surface area contributed by atoms with Crippen LogP contribution >= 0.6 is 11.6 Å². The third-order valence-corrected chi connectivity index (χ3v) is 3.23. The smallest absolute Gasteiger partial charge is 0.339 e. The lowest BCUT2D eigenvalue weighted by molar-refractivity contribution is -0.384. The van der Waals surface area contributed by atoms with E-state index in [0.717, 1.165) is 11.6 Å². The van der Waals surface area contributed by atoms with Gasteiger partial charge in [-0.3, -0.25) is 10.1 Å². The lowest BCUT2D eigenvalue weighted by Crippen LogP contribution is -2.06. The molecule has 0 radical (unpaired) electrons. The Bertz CT molecular complexity index is 700. The first-order chi connectivity index (χ1) is 10.5. The summed E-state index contributed by atoms with van der Waals surface area (Å²) in [6, 6.07) is 10.6. The molecular weight excluding hydrogens is 310 g/mol. The molecule has 0 aromatic heterocycles. The molecule has 0 heterocycles. The number of nitro groups is 1. The summed E-state index contributed by atoms with van der Waals surface area (Å²) in [7, 11) is 1.56. The first-order valence-electron chi connectivity index (χ1n) is 6.25. The summed E-state index contributed by atoms with van der Waals surface area (Å²) in [6.07, 6.45) is 0. The van der Waals surface area contributed by atoms with Gasteiger partial charge in [-0.05, 0) is 23.8 Å². The number of hydrogen-bond acceptors (Lipinski definition) is 5. The number of nitro benzene ring substituents is 1. The van der Waals surface area contributed by atoms with Crippen molar-refractivity contribution in [1.82, 2.24) is 0 Å². The van der Waals surface area contributed by atoms with Gasteiger partial charge in [0.2, 0.25) is 0 Å². The maximum atomic E-state index is 11.9. The van der Waals surface area contributed by atoms with Crippen LogP contribution in [-0.4, -0.2) is 18.0 Å². The van der Waals surface area contributed by atoms with Crippen molar-refractivity contribution in [3.05, 3.63) is 68.7 Å². The molecule has 0 saturated heterocycles. The zero-order valence-electron chi connectivity index (χ0n) is 11.6. The van der Waals surface area contributed by atoms with E-state index >= 15 is 0 Å². The number of nitrogens with zero attached hydrogens (tertiary/aromatic N) is 1. The Kier molecular flexibility index (Phi) is 4.95. The highest BCUT2D eigenvalue weighted by Crippen LogP contribution is 2.23. The number of hydrogen-bond donors (Lipinski definition) is 0. The zero-order chi connectivity index (χ0) is 16.1. The van der Waals surface area contributed by atoms with Crippen molar-refractivity contribution in [1.29, 1.82) is 0 Å². The molecule has 22 heavy (non-hydrogen) atoms. The first-order valence-corrected chi connectivity index (χ1v) is 6.63. The number of carbonyl (C=O) groups is 1. The van der Waals surface area contributed by atoms with Gasteiger partial charge in [-0.25, -0.2) is 4.79 Å². The molecule has 0 aliphatic carbocycles. The summed E-state index contributed by atoms with van der Waals surface area (Å²) in [5, 5.41) is 10.6. The van der Waals surface area contributed by atoms with Crippen molar-refractivity contribution in [2.75, 3.05) is 7.11 Å². The number of esters is 1. The Morgan fingerprint density at radius 1 is 1.23 bits per heavy atom. The van der Waals surface area contributed by atoms with Gasteiger partial charge >= 0.3 is 5.97 Å². The quantitative estimate of drug-likeness (QED) is 0.477. The van der Waals surface area contributed by atoms with Crippen LogP contribution in [0.15, 0.2) is 42.5 Å². The molecule has 0 atom stereocenters. The highest BCUT2D eigenvalue weighted by molar-refractivity contribution is 6.33. The van der Waals surface area contributed by atoms with E-state index in [9.17, 15) is 14.9 Å². The van der Waals surface area contributed by atoms with Crippen molar-refractivity contribution in [3.63, 3.8) is 0 Å². The van der Waals surface area contributed by atoms with E-state index in [2.05, 4.69) is 0 Å². The number of halogens is 1. The SMILES string of the molecule is COc1ccc(COC(=O)c2ccc([N+](=O)[O-])cc2Cl)cc1. The van der Waals surface area contributed by atoms with Crippen molar-refractivity contribution >= 4 is 23.3 Å². The minimum Gasteiger partial charge on any atom is -0.497 e. The summed E-state index contributed by atoms with van der Waals surface area (Å²) < 4.78 is 10.2. The van der Waals surface area contributed by atoms with Gasteiger partial charge in [0.25, 0.3) is 5.69 Å². The lowest BCUT2D eigenvalue weighted by Gasteiger charge is -2.07. The summed E-state index contributed by atoms with van der Waals surface area (Å²) in [5.41, 5.74) is 0.685. The van der Waals surface area contributed by atoms with Crippen molar-refractivity contribution < 1.29 is 19.2 Å². The molecule has 0 unspecified atom stereocenters. The maximum absolute atomic E-state index is 11.9. The Labute approximate surface area is 131 Å². The molecule has 0 aliphatic heterocycles. The third kappa shape index (κ3) is 3.73. The van der Waals surface area contributed by atoms with Crippen LogP contribution in [0.1, 0.15) is 15.9 Å². The molecule has 6 nitrogen and oxygen atoms in total. The summed E-state index contributed by atoms with van der Waals surface area (Å²) in [6.45, 7) is 0.0656. The molecule has 0 saturated carbocycles. The van der Waals surface area contributed by atoms with E-state index < -0.39 is 10.9 Å². The van der Waals surface area contributed by atoms with Crippen molar-refractivity contribution in [2.24, 2.45) is 0 Å². The van der Waals surface area contributed by atoms with Crippen molar-refractivity contribution in [3.8, 4) is 5.75 Å². The maximum Gasteiger partial charge on any atom is 0.339 e. The number of methoxy groups -OCH3 is 1. The van der Waals surface area contributed by atoms with Gasteiger partial charge in [0.15, 0.2) is 0 Å². The molecular formula is C15H12ClNO5. The average molecular weight is 322 g/mol. The first kappa shape index (κ1) is 15.8. The fourth-order valence-corrected chi connectivity index (χ4v) is 1.98. The number of ether oxygens (including phenoxy) is 2. The second-order valence-electron chi connectivity index (χ2n) is 4.35. The van der Waals surface area contributed by atoms with E-state index in [1.54, 1.807) is 31.4 Å². The number of carbonyl (C=O) groups excluding carboxylic acids is 1. The Balaban J connectivity index is 2.04. The topological polar surface area (TPSA) is 78.7 Å². The average Bonchev–Trinajstić information content (AvgIpc) is 2.52. The van der Waals surface area contributed by atoms with E-state index in [1.807, 2.05) is 0 Å². The number of benzene rings is 2. The van der Waals surface area contributed by atoms with Crippen molar-refractivity contribution in [2.45, 2.75) is 6.61 Å². The number of non-ortho nitro benzene ring substituents is 1. The van der Waals surface area contributed by atoms with E-state index in [4.69, 9.17) is 21.1 Å². The molecule has 114 valence electrons. The Hall–Kier alpha value is -2.60. The van der Waals surface area contributed by atoms with Gasteiger partial charge in [-0.1, -0.05) is 23.7 Å². The van der Waals surface area contributed by atoms with Gasteiger partial charge in [-0.15, -0.1) is 0 Å². The van der Waals surface area contributed by atoms with E-state index in [0.29, 0.717) is 5.75 Å². The Morgan fingerprint density at radius 2 is 1.91 bits per heavy atom. The Morgan fingerprint density at radius 3 is 2.45 bits per heavy atom. The number of rotatable bonds is 5. The predicted octanol–water partition coefficient (Wildman–Crippen LogP) is 3.61. The lowest BCUT2D eigenvalue weighted by atomic mass is 10.2.